The zero-order valence-electron chi connectivity index (χ0n) is 13.7. The number of ether oxygens (including phenoxy) is 1. The Morgan fingerprint density at radius 3 is 2.64 bits per heavy atom. The SMILES string of the molecule is COc1ccc2c(c1)[C@@H]1C=CC[C@@H]1[C@@H](c1ccccc1C(F)(F)F)N2. The van der Waals surface area contributed by atoms with Crippen LogP contribution in [0.4, 0.5) is 18.9 Å². The summed E-state index contributed by atoms with van der Waals surface area (Å²) in [5, 5.41) is 3.35. The number of alkyl halides is 3. The maximum absolute atomic E-state index is 13.5. The Kier molecular flexibility index (Phi) is 3.74. The summed E-state index contributed by atoms with van der Waals surface area (Å²) in [6.07, 6.45) is 0.562. The van der Waals surface area contributed by atoms with Crippen LogP contribution in [-0.4, -0.2) is 7.11 Å². The Morgan fingerprint density at radius 2 is 1.88 bits per heavy atom. The Bertz CT molecular complexity index is 828. The second-order valence-corrected chi connectivity index (χ2v) is 6.51. The zero-order valence-corrected chi connectivity index (χ0v) is 13.7. The minimum Gasteiger partial charge on any atom is -0.497 e. The molecule has 0 spiro atoms. The van der Waals surface area contributed by atoms with Crippen LogP contribution in [0.1, 0.15) is 35.1 Å². The summed E-state index contributed by atoms with van der Waals surface area (Å²) in [6, 6.07) is 11.2. The summed E-state index contributed by atoms with van der Waals surface area (Å²) in [4.78, 5) is 0. The number of benzene rings is 2. The first kappa shape index (κ1) is 16.1. The molecule has 0 unspecified atom stereocenters. The zero-order chi connectivity index (χ0) is 17.6. The van der Waals surface area contributed by atoms with Crippen molar-refractivity contribution in [1.29, 1.82) is 0 Å². The summed E-state index contributed by atoms with van der Waals surface area (Å²) in [7, 11) is 1.61. The average Bonchev–Trinajstić information content (AvgIpc) is 3.10. The predicted octanol–water partition coefficient (Wildman–Crippen LogP) is 5.54. The highest BCUT2D eigenvalue weighted by Crippen LogP contribution is 2.52. The van der Waals surface area contributed by atoms with Gasteiger partial charge in [-0.15, -0.1) is 0 Å². The topological polar surface area (TPSA) is 21.3 Å². The summed E-state index contributed by atoms with van der Waals surface area (Å²) in [5.41, 5.74) is 1.71. The minimum atomic E-state index is -4.36. The molecule has 0 radical (unpaired) electrons. The fourth-order valence-corrected chi connectivity index (χ4v) is 4.03. The van der Waals surface area contributed by atoms with Crippen molar-refractivity contribution in [1.82, 2.24) is 0 Å². The molecule has 0 aromatic heterocycles. The van der Waals surface area contributed by atoms with Crippen molar-refractivity contribution in [2.75, 3.05) is 12.4 Å². The molecule has 0 bridgehead atoms. The number of anilines is 1. The molecule has 2 aromatic carbocycles. The van der Waals surface area contributed by atoms with E-state index < -0.39 is 11.7 Å². The molecule has 25 heavy (non-hydrogen) atoms. The van der Waals surface area contributed by atoms with Gasteiger partial charge in [0.2, 0.25) is 0 Å². The molecule has 3 atom stereocenters. The number of nitrogens with one attached hydrogen (secondary N) is 1. The third-order valence-electron chi connectivity index (χ3n) is 5.17. The van der Waals surface area contributed by atoms with E-state index in [4.69, 9.17) is 4.74 Å². The van der Waals surface area contributed by atoms with E-state index >= 15 is 0 Å². The molecule has 0 saturated heterocycles. The number of allylic oxidation sites excluding steroid dienone is 2. The number of methoxy groups -OCH3 is 1. The van der Waals surface area contributed by atoms with Gasteiger partial charge in [-0.3, -0.25) is 0 Å². The minimum absolute atomic E-state index is 0.0584. The molecule has 1 aliphatic carbocycles. The van der Waals surface area contributed by atoms with Crippen LogP contribution in [0, 0.1) is 5.92 Å². The molecule has 0 fully saturated rings. The fourth-order valence-electron chi connectivity index (χ4n) is 4.03. The largest absolute Gasteiger partial charge is 0.497 e. The standard InChI is InChI=1S/C20H18F3NO/c1-25-12-9-10-18-16(11-12)13-6-4-7-14(13)19(24-18)15-5-2-3-8-17(15)20(21,22)23/h2-6,8-11,13-14,19,24H,7H2,1H3/t13-,14+,19+/m1/s1. The van der Waals surface area contributed by atoms with Gasteiger partial charge in [-0.1, -0.05) is 30.4 Å². The Balaban J connectivity index is 1.81. The third kappa shape index (κ3) is 2.68. The van der Waals surface area contributed by atoms with Crippen molar-refractivity contribution in [3.63, 3.8) is 0 Å². The third-order valence-corrected chi connectivity index (χ3v) is 5.17. The van der Waals surface area contributed by atoms with Gasteiger partial charge in [0.05, 0.1) is 18.7 Å². The van der Waals surface area contributed by atoms with Crippen LogP contribution in [0.3, 0.4) is 0 Å². The lowest BCUT2D eigenvalue weighted by atomic mass is 9.76. The van der Waals surface area contributed by atoms with E-state index in [0.29, 0.717) is 5.56 Å². The first-order valence-corrected chi connectivity index (χ1v) is 8.26. The monoisotopic (exact) mass is 345 g/mol. The van der Waals surface area contributed by atoms with Crippen LogP contribution in [0.2, 0.25) is 0 Å². The molecule has 5 heteroatoms. The van der Waals surface area contributed by atoms with Crippen molar-refractivity contribution in [2.45, 2.75) is 24.6 Å². The van der Waals surface area contributed by atoms with Crippen molar-refractivity contribution in [3.8, 4) is 5.75 Å². The van der Waals surface area contributed by atoms with E-state index in [2.05, 4.69) is 17.5 Å². The molecule has 1 aliphatic heterocycles. The van der Waals surface area contributed by atoms with E-state index in [1.165, 1.54) is 6.07 Å². The summed E-state index contributed by atoms with van der Waals surface area (Å²) in [5.74, 6) is 0.912. The van der Waals surface area contributed by atoms with Gasteiger partial charge in [0.15, 0.2) is 0 Å². The molecule has 0 amide bonds. The van der Waals surface area contributed by atoms with Crippen LogP contribution in [0.5, 0.6) is 5.75 Å². The Morgan fingerprint density at radius 1 is 1.08 bits per heavy atom. The first-order valence-electron chi connectivity index (χ1n) is 8.26. The van der Waals surface area contributed by atoms with Crippen LogP contribution in [0.25, 0.3) is 0 Å². The lowest BCUT2D eigenvalue weighted by Crippen LogP contribution is -2.30. The number of hydrogen-bond donors (Lipinski definition) is 1. The van der Waals surface area contributed by atoms with Crippen LogP contribution in [0.15, 0.2) is 54.6 Å². The van der Waals surface area contributed by atoms with Gasteiger partial charge < -0.3 is 10.1 Å². The van der Waals surface area contributed by atoms with E-state index in [0.717, 1.165) is 29.5 Å². The molecule has 2 nitrogen and oxygen atoms in total. The average molecular weight is 345 g/mol. The molecule has 2 aliphatic rings. The van der Waals surface area contributed by atoms with Crippen molar-refractivity contribution >= 4 is 5.69 Å². The summed E-state index contributed by atoms with van der Waals surface area (Å²) in [6.45, 7) is 0. The normalized spacial score (nSPS) is 24.4. The molecule has 130 valence electrons. The van der Waals surface area contributed by atoms with Crippen LogP contribution >= 0.6 is 0 Å². The lowest BCUT2D eigenvalue weighted by Gasteiger charge is -2.38. The molecule has 1 heterocycles. The van der Waals surface area contributed by atoms with E-state index in [9.17, 15) is 13.2 Å². The van der Waals surface area contributed by atoms with Gasteiger partial charge in [-0.2, -0.15) is 13.2 Å². The number of halogens is 3. The van der Waals surface area contributed by atoms with Crippen LogP contribution in [-0.2, 0) is 6.18 Å². The highest BCUT2D eigenvalue weighted by atomic mass is 19.4. The van der Waals surface area contributed by atoms with Gasteiger partial charge >= 0.3 is 6.18 Å². The van der Waals surface area contributed by atoms with Gasteiger partial charge in [-0.05, 0) is 47.7 Å². The smallest absolute Gasteiger partial charge is 0.416 e. The van der Waals surface area contributed by atoms with E-state index in [1.807, 2.05) is 18.2 Å². The van der Waals surface area contributed by atoms with E-state index in [1.54, 1.807) is 19.2 Å². The van der Waals surface area contributed by atoms with Crippen molar-refractivity contribution in [2.24, 2.45) is 5.92 Å². The number of rotatable bonds is 2. The maximum Gasteiger partial charge on any atom is 0.416 e. The predicted molar refractivity (Wildman–Crippen MR) is 90.8 cm³/mol. The second-order valence-electron chi connectivity index (χ2n) is 6.51. The quantitative estimate of drug-likeness (QED) is 0.722. The Hall–Kier alpha value is -2.43. The van der Waals surface area contributed by atoms with E-state index in [-0.39, 0.29) is 17.9 Å². The van der Waals surface area contributed by atoms with Gasteiger partial charge in [0.1, 0.15) is 5.75 Å². The first-order chi connectivity index (χ1) is 12.0. The molecule has 0 saturated carbocycles. The molecular weight excluding hydrogens is 327 g/mol. The van der Waals surface area contributed by atoms with Crippen LogP contribution < -0.4 is 10.1 Å². The number of fused-ring (bicyclic) bond motifs is 3. The number of hydrogen-bond acceptors (Lipinski definition) is 2. The van der Waals surface area contributed by atoms with Gasteiger partial charge in [-0.25, -0.2) is 0 Å². The lowest BCUT2D eigenvalue weighted by molar-refractivity contribution is -0.138. The summed E-state index contributed by atoms with van der Waals surface area (Å²) < 4.78 is 45.7. The molecular formula is C20H18F3NO. The van der Waals surface area contributed by atoms with Crippen molar-refractivity contribution < 1.29 is 17.9 Å². The molecule has 4 rings (SSSR count). The van der Waals surface area contributed by atoms with Gasteiger partial charge in [0, 0.05) is 11.6 Å². The Labute approximate surface area is 144 Å². The second kappa shape index (κ2) is 5.83. The van der Waals surface area contributed by atoms with Crippen molar-refractivity contribution in [3.05, 3.63) is 71.3 Å². The van der Waals surface area contributed by atoms with Gasteiger partial charge in [0.25, 0.3) is 0 Å². The maximum atomic E-state index is 13.5. The fraction of sp³-hybridized carbons (Fsp3) is 0.300. The highest BCUT2D eigenvalue weighted by Gasteiger charge is 2.42. The summed E-state index contributed by atoms with van der Waals surface area (Å²) >= 11 is 0. The molecule has 1 N–H and O–H groups in total. The molecule has 2 aromatic rings. The highest BCUT2D eigenvalue weighted by molar-refractivity contribution is 5.62.